The van der Waals surface area contributed by atoms with Crippen LogP contribution in [0.15, 0.2) is 0 Å². The first-order chi connectivity index (χ1) is 11.1. The van der Waals surface area contributed by atoms with Crippen LogP contribution in [-0.2, 0) is 18.8 Å². The summed E-state index contributed by atoms with van der Waals surface area (Å²) in [5.41, 5.74) is 5.02. The first-order valence-corrected chi connectivity index (χ1v) is 12.8. The number of carbonyl (C=O) groups excluding carboxylic acids is 2. The molecule has 2 unspecified atom stereocenters. The number of carbonyl (C=O) groups is 2. The van der Waals surface area contributed by atoms with Crippen molar-refractivity contribution in [2.75, 3.05) is 0 Å². The van der Waals surface area contributed by atoms with Crippen LogP contribution in [0.25, 0.3) is 0 Å². The van der Waals surface area contributed by atoms with Crippen molar-refractivity contribution in [1.29, 1.82) is 0 Å². The maximum atomic E-state index is 12.4. The van der Waals surface area contributed by atoms with Gasteiger partial charge < -0.3 is 14.9 Å². The van der Waals surface area contributed by atoms with Crippen molar-refractivity contribution >= 4 is 31.9 Å². The summed E-state index contributed by atoms with van der Waals surface area (Å²) >= 11 is 6.01. The molecule has 1 rings (SSSR count). The normalized spacial score (nSPS) is 20.1. The van der Waals surface area contributed by atoms with E-state index < -0.39 is 31.3 Å². The number of esters is 1. The Morgan fingerprint density at radius 2 is 1.79 bits per heavy atom. The lowest BCUT2D eigenvalue weighted by molar-refractivity contribution is -0.153. The fraction of sp³-hybridized carbons (Fsp3) is 0.882. The lowest BCUT2D eigenvalue weighted by atomic mass is 9.67. The number of halogens is 1. The van der Waals surface area contributed by atoms with Gasteiger partial charge in [-0.15, -0.1) is 0 Å². The summed E-state index contributed by atoms with van der Waals surface area (Å²) in [6, 6.07) is -0.843. The molecule has 1 aliphatic rings. The van der Waals surface area contributed by atoms with Crippen LogP contribution >= 0.6 is 11.6 Å². The van der Waals surface area contributed by atoms with Crippen molar-refractivity contribution < 1.29 is 18.8 Å². The third kappa shape index (κ3) is 6.73. The Hall–Kier alpha value is -0.593. The quantitative estimate of drug-likeness (QED) is 0.393. The molecule has 0 aromatic heterocycles. The molecule has 2 N–H and O–H groups in total. The van der Waals surface area contributed by atoms with Gasteiger partial charge in [-0.25, -0.2) is 0 Å². The monoisotopic (exact) mass is 377 g/mol. The Bertz CT molecular complexity index is 433. The summed E-state index contributed by atoms with van der Waals surface area (Å²) < 4.78 is 10.9. The minimum atomic E-state index is -1.96. The van der Waals surface area contributed by atoms with Crippen LogP contribution in [0.2, 0.25) is 19.6 Å². The van der Waals surface area contributed by atoms with Gasteiger partial charge in [0, 0.05) is 5.41 Å². The lowest BCUT2D eigenvalue weighted by Gasteiger charge is -2.40. The second-order valence-corrected chi connectivity index (χ2v) is 12.7. The minimum Gasteiger partial charge on any atom is -0.520 e. The van der Waals surface area contributed by atoms with Crippen LogP contribution < -0.4 is 5.73 Å². The second-order valence-electron chi connectivity index (χ2n) is 7.80. The van der Waals surface area contributed by atoms with E-state index in [2.05, 4.69) is 0 Å². The molecule has 0 aliphatic heterocycles. The number of ether oxygens (including phenoxy) is 1. The molecule has 0 radical (unpaired) electrons. The Morgan fingerprint density at radius 3 is 2.29 bits per heavy atom. The highest BCUT2D eigenvalue weighted by Crippen LogP contribution is 2.42. The summed E-state index contributed by atoms with van der Waals surface area (Å²) in [5.74, 6) is -0.763. The van der Waals surface area contributed by atoms with Gasteiger partial charge in [0.05, 0.1) is 6.42 Å². The second kappa shape index (κ2) is 9.20. The zero-order valence-corrected chi connectivity index (χ0v) is 17.2. The van der Waals surface area contributed by atoms with Crippen molar-refractivity contribution in [3.8, 4) is 0 Å². The molecule has 0 aromatic carbocycles. The van der Waals surface area contributed by atoms with Gasteiger partial charge >= 0.3 is 5.97 Å². The largest absolute Gasteiger partial charge is 0.520 e. The summed E-state index contributed by atoms with van der Waals surface area (Å²) in [4.78, 5) is 24.8. The molecule has 0 heterocycles. The number of hydrogen-bond acceptors (Lipinski definition) is 5. The molecular weight excluding hydrogens is 346 g/mol. The van der Waals surface area contributed by atoms with Crippen LogP contribution in [-0.4, -0.2) is 31.9 Å². The van der Waals surface area contributed by atoms with Crippen LogP contribution in [0.3, 0.4) is 0 Å². The first kappa shape index (κ1) is 21.4. The van der Waals surface area contributed by atoms with Gasteiger partial charge in [-0.2, -0.15) is 0 Å². The molecule has 0 aromatic rings. The standard InChI is InChI=1S/C17H32ClNO4Si/c1-5-9-13(18)22-16(21)15(19)17(10-7-6-8-11-17)12-14(20)23-24(2,3)4/h13,15H,5-12,19H2,1-4H3. The highest BCUT2D eigenvalue weighted by atomic mass is 35.5. The molecule has 0 amide bonds. The molecule has 0 saturated heterocycles. The van der Waals surface area contributed by atoms with Crippen LogP contribution in [0.4, 0.5) is 0 Å². The number of alkyl halides is 1. The average molecular weight is 378 g/mol. The fourth-order valence-corrected chi connectivity index (χ4v) is 4.32. The number of hydrogen-bond donors (Lipinski definition) is 1. The van der Waals surface area contributed by atoms with E-state index >= 15 is 0 Å². The summed E-state index contributed by atoms with van der Waals surface area (Å²) in [5, 5.41) is 0. The highest BCUT2D eigenvalue weighted by Gasteiger charge is 2.45. The van der Waals surface area contributed by atoms with Gasteiger partial charge in [0.15, 0.2) is 5.56 Å². The summed E-state index contributed by atoms with van der Waals surface area (Å²) in [6.07, 6.45) is 6.08. The summed E-state index contributed by atoms with van der Waals surface area (Å²) in [6.45, 7) is 7.87. The van der Waals surface area contributed by atoms with Crippen LogP contribution in [0.1, 0.15) is 58.3 Å². The third-order valence-electron chi connectivity index (χ3n) is 4.44. The topological polar surface area (TPSA) is 78.6 Å². The van der Waals surface area contributed by atoms with Crippen LogP contribution in [0.5, 0.6) is 0 Å². The van der Waals surface area contributed by atoms with Gasteiger partial charge in [-0.3, -0.25) is 9.59 Å². The Labute approximate surface area is 151 Å². The van der Waals surface area contributed by atoms with Crippen molar-refractivity contribution in [2.45, 2.75) is 89.5 Å². The molecule has 1 saturated carbocycles. The molecule has 140 valence electrons. The Morgan fingerprint density at radius 1 is 1.21 bits per heavy atom. The van der Waals surface area contributed by atoms with Gasteiger partial charge in [0.1, 0.15) is 6.04 Å². The Kier molecular flexibility index (Phi) is 8.22. The van der Waals surface area contributed by atoms with E-state index in [1.54, 1.807) is 0 Å². The van der Waals surface area contributed by atoms with Gasteiger partial charge in [0.2, 0.25) is 8.32 Å². The van der Waals surface area contributed by atoms with Crippen molar-refractivity contribution in [3.05, 3.63) is 0 Å². The van der Waals surface area contributed by atoms with E-state index in [1.165, 1.54) is 0 Å². The minimum absolute atomic E-state index is 0.175. The molecule has 5 nitrogen and oxygen atoms in total. The maximum absolute atomic E-state index is 12.4. The van der Waals surface area contributed by atoms with E-state index in [9.17, 15) is 9.59 Å². The molecule has 0 bridgehead atoms. The van der Waals surface area contributed by atoms with Crippen molar-refractivity contribution in [2.24, 2.45) is 11.1 Å². The molecule has 1 fully saturated rings. The van der Waals surface area contributed by atoms with Gasteiger partial charge in [-0.1, -0.05) is 44.2 Å². The highest BCUT2D eigenvalue weighted by molar-refractivity contribution is 6.71. The number of nitrogens with two attached hydrogens (primary N) is 1. The summed E-state index contributed by atoms with van der Waals surface area (Å²) in [7, 11) is -1.96. The average Bonchev–Trinajstić information content (AvgIpc) is 2.45. The van der Waals surface area contributed by atoms with E-state index in [1.807, 2.05) is 26.6 Å². The third-order valence-corrected chi connectivity index (χ3v) is 5.59. The van der Waals surface area contributed by atoms with Crippen LogP contribution in [0, 0.1) is 5.41 Å². The zero-order chi connectivity index (χ0) is 18.4. The molecule has 2 atom stereocenters. The Balaban J connectivity index is 2.82. The molecule has 0 spiro atoms. The number of rotatable bonds is 8. The predicted octanol–water partition coefficient (Wildman–Crippen LogP) is 3.94. The predicted molar refractivity (Wildman–Crippen MR) is 98.2 cm³/mol. The van der Waals surface area contributed by atoms with E-state index in [4.69, 9.17) is 26.5 Å². The smallest absolute Gasteiger partial charge is 0.324 e. The first-order valence-electron chi connectivity index (χ1n) is 8.91. The SMILES string of the molecule is CCCC(Cl)OC(=O)C(N)C1(CC(=O)O[Si](C)(C)C)CCCCC1. The van der Waals surface area contributed by atoms with E-state index in [0.29, 0.717) is 6.42 Å². The van der Waals surface area contributed by atoms with E-state index in [0.717, 1.165) is 38.5 Å². The lowest BCUT2D eigenvalue weighted by Crippen LogP contribution is -2.51. The molecule has 24 heavy (non-hydrogen) atoms. The maximum Gasteiger partial charge on any atom is 0.324 e. The zero-order valence-electron chi connectivity index (χ0n) is 15.4. The van der Waals surface area contributed by atoms with Gasteiger partial charge in [-0.05, 0) is 38.9 Å². The molecule has 1 aliphatic carbocycles. The van der Waals surface area contributed by atoms with E-state index in [-0.39, 0.29) is 12.4 Å². The molecule has 7 heteroatoms. The van der Waals surface area contributed by atoms with Gasteiger partial charge in [0.25, 0.3) is 5.97 Å². The van der Waals surface area contributed by atoms with Crippen molar-refractivity contribution in [3.63, 3.8) is 0 Å². The molecular formula is C17H32ClNO4Si. The van der Waals surface area contributed by atoms with Crippen molar-refractivity contribution in [1.82, 2.24) is 0 Å². The fourth-order valence-electron chi connectivity index (χ4n) is 3.25.